The number of non-ortho nitro benzene ring substituents is 1. The number of hydrogen-bond acceptors (Lipinski definition) is 5. The summed E-state index contributed by atoms with van der Waals surface area (Å²) >= 11 is 0. The van der Waals surface area contributed by atoms with Crippen molar-refractivity contribution in [3.63, 3.8) is 0 Å². The molecule has 0 N–H and O–H groups in total. The summed E-state index contributed by atoms with van der Waals surface area (Å²) in [6.07, 6.45) is 4.18. The first-order valence-electron chi connectivity index (χ1n) is 10.3. The topological polar surface area (TPSA) is 69.9 Å². The minimum absolute atomic E-state index is 0.00165. The summed E-state index contributed by atoms with van der Waals surface area (Å²) in [5.41, 5.74) is 2.85. The number of carbonyl (C=O) groups is 1. The third kappa shape index (κ3) is 4.15. The van der Waals surface area contributed by atoms with E-state index in [0.29, 0.717) is 13.1 Å². The Hall–Kier alpha value is -3.35. The molecule has 30 heavy (non-hydrogen) atoms. The lowest BCUT2D eigenvalue weighted by molar-refractivity contribution is -0.384. The standard InChI is InChI=1S/C23H26N4O3/c1-24-17-21(15-22(24)23(28)25-13-5-6-14-25)26(16-18-7-3-2-4-8-18)19-9-11-20(12-10-19)27(29)30/h2-4,7-12,15,21H,5-6,13-14,16-17H2,1H3. The van der Waals surface area contributed by atoms with Crippen LogP contribution in [0.3, 0.4) is 0 Å². The lowest BCUT2D eigenvalue weighted by Gasteiger charge is -2.31. The normalized spacial score (nSPS) is 18.4. The molecule has 0 saturated carbocycles. The van der Waals surface area contributed by atoms with Crippen LogP contribution in [0.1, 0.15) is 18.4 Å². The van der Waals surface area contributed by atoms with Crippen LogP contribution in [0.2, 0.25) is 0 Å². The number of carbonyl (C=O) groups excluding carboxylic acids is 1. The minimum atomic E-state index is -0.388. The summed E-state index contributed by atoms with van der Waals surface area (Å²) in [7, 11) is 1.95. The van der Waals surface area contributed by atoms with E-state index in [2.05, 4.69) is 17.0 Å². The zero-order chi connectivity index (χ0) is 21.1. The van der Waals surface area contributed by atoms with Crippen LogP contribution in [0.15, 0.2) is 66.4 Å². The number of likely N-dealkylation sites (tertiary alicyclic amines) is 1. The van der Waals surface area contributed by atoms with Crippen LogP contribution in [0.4, 0.5) is 11.4 Å². The molecule has 7 nitrogen and oxygen atoms in total. The Labute approximate surface area is 176 Å². The molecule has 2 aliphatic rings. The molecule has 156 valence electrons. The molecule has 2 aromatic rings. The van der Waals surface area contributed by atoms with Crippen molar-refractivity contribution in [2.75, 3.05) is 31.6 Å². The molecule has 1 fully saturated rings. The maximum Gasteiger partial charge on any atom is 0.269 e. The quantitative estimate of drug-likeness (QED) is 0.543. The van der Waals surface area contributed by atoms with E-state index in [1.807, 2.05) is 41.1 Å². The van der Waals surface area contributed by atoms with Crippen molar-refractivity contribution in [2.45, 2.75) is 25.4 Å². The molecule has 0 bridgehead atoms. The first-order valence-corrected chi connectivity index (χ1v) is 10.3. The number of nitro groups is 1. The molecule has 1 saturated heterocycles. The largest absolute Gasteiger partial charge is 0.368 e. The van der Waals surface area contributed by atoms with Gasteiger partial charge >= 0.3 is 0 Å². The van der Waals surface area contributed by atoms with E-state index in [1.165, 1.54) is 12.1 Å². The molecule has 4 rings (SSSR count). The van der Waals surface area contributed by atoms with Gasteiger partial charge in [0.25, 0.3) is 11.6 Å². The van der Waals surface area contributed by atoms with Gasteiger partial charge in [0.2, 0.25) is 0 Å². The Balaban J connectivity index is 1.63. The second-order valence-corrected chi connectivity index (χ2v) is 7.89. The highest BCUT2D eigenvalue weighted by Crippen LogP contribution is 2.28. The van der Waals surface area contributed by atoms with Crippen molar-refractivity contribution in [1.29, 1.82) is 0 Å². The van der Waals surface area contributed by atoms with E-state index in [-0.39, 0.29) is 22.6 Å². The predicted octanol–water partition coefficient (Wildman–Crippen LogP) is 3.42. The van der Waals surface area contributed by atoms with Gasteiger partial charge in [-0.2, -0.15) is 0 Å². The Morgan fingerprint density at radius 3 is 2.40 bits per heavy atom. The van der Waals surface area contributed by atoms with Crippen LogP contribution in [-0.2, 0) is 11.3 Å². The third-order valence-corrected chi connectivity index (χ3v) is 5.82. The average molecular weight is 406 g/mol. The fourth-order valence-corrected chi connectivity index (χ4v) is 4.19. The molecule has 2 heterocycles. The molecule has 1 unspecified atom stereocenters. The Morgan fingerprint density at radius 2 is 1.77 bits per heavy atom. The van der Waals surface area contributed by atoms with Crippen molar-refractivity contribution in [1.82, 2.24) is 9.80 Å². The average Bonchev–Trinajstić information content (AvgIpc) is 3.42. The number of nitrogens with zero attached hydrogens (tertiary/aromatic N) is 4. The van der Waals surface area contributed by atoms with Gasteiger partial charge in [-0.25, -0.2) is 0 Å². The third-order valence-electron chi connectivity index (χ3n) is 5.82. The number of hydrogen-bond donors (Lipinski definition) is 0. The smallest absolute Gasteiger partial charge is 0.269 e. The molecule has 7 heteroatoms. The lowest BCUT2D eigenvalue weighted by atomic mass is 10.1. The van der Waals surface area contributed by atoms with Crippen molar-refractivity contribution in [3.8, 4) is 0 Å². The zero-order valence-electron chi connectivity index (χ0n) is 17.1. The van der Waals surface area contributed by atoms with Crippen molar-refractivity contribution < 1.29 is 9.72 Å². The highest BCUT2D eigenvalue weighted by atomic mass is 16.6. The van der Waals surface area contributed by atoms with Gasteiger partial charge in [0.1, 0.15) is 5.70 Å². The van der Waals surface area contributed by atoms with Crippen molar-refractivity contribution in [2.24, 2.45) is 0 Å². The summed E-state index contributed by atoms with van der Waals surface area (Å²) in [5.74, 6) is 0.0980. The molecule has 0 radical (unpaired) electrons. The van der Waals surface area contributed by atoms with Crippen molar-refractivity contribution >= 4 is 17.3 Å². The molecule has 2 aliphatic heterocycles. The van der Waals surface area contributed by atoms with Crippen LogP contribution < -0.4 is 4.90 Å². The van der Waals surface area contributed by atoms with Crippen LogP contribution in [0.5, 0.6) is 0 Å². The molecule has 1 amide bonds. The van der Waals surface area contributed by atoms with E-state index in [0.717, 1.165) is 42.9 Å². The molecule has 0 aromatic heterocycles. The minimum Gasteiger partial charge on any atom is -0.368 e. The second kappa shape index (κ2) is 8.57. The number of rotatable bonds is 6. The van der Waals surface area contributed by atoms with Gasteiger partial charge in [0.15, 0.2) is 0 Å². The monoisotopic (exact) mass is 406 g/mol. The first kappa shape index (κ1) is 19.9. The second-order valence-electron chi connectivity index (χ2n) is 7.89. The molecule has 0 spiro atoms. The van der Waals surface area contributed by atoms with Gasteiger partial charge in [-0.3, -0.25) is 14.9 Å². The lowest BCUT2D eigenvalue weighted by Crippen LogP contribution is -2.38. The molecular weight excluding hydrogens is 380 g/mol. The van der Waals surface area contributed by atoms with Gasteiger partial charge in [0, 0.05) is 51.0 Å². The number of nitro benzene ring substituents is 1. The number of likely N-dealkylation sites (N-methyl/N-ethyl adjacent to an activating group) is 1. The van der Waals surface area contributed by atoms with Crippen molar-refractivity contribution in [3.05, 3.63) is 82.0 Å². The molecule has 0 aliphatic carbocycles. The van der Waals surface area contributed by atoms with Crippen LogP contribution >= 0.6 is 0 Å². The Kier molecular flexibility index (Phi) is 5.70. The van der Waals surface area contributed by atoms with Crippen LogP contribution in [0, 0.1) is 10.1 Å². The Morgan fingerprint density at radius 1 is 1.10 bits per heavy atom. The highest BCUT2D eigenvalue weighted by Gasteiger charge is 2.32. The van der Waals surface area contributed by atoms with Gasteiger partial charge < -0.3 is 14.7 Å². The van der Waals surface area contributed by atoms with E-state index < -0.39 is 0 Å². The number of amides is 1. The fraction of sp³-hybridized carbons (Fsp3) is 0.348. The van der Waals surface area contributed by atoms with E-state index in [4.69, 9.17) is 0 Å². The summed E-state index contributed by atoms with van der Waals surface area (Å²) < 4.78 is 0. The maximum absolute atomic E-state index is 13.0. The van der Waals surface area contributed by atoms with Gasteiger partial charge in [0.05, 0.1) is 11.0 Å². The van der Waals surface area contributed by atoms with Crippen LogP contribution in [-0.4, -0.2) is 53.4 Å². The van der Waals surface area contributed by atoms with Crippen LogP contribution in [0.25, 0.3) is 0 Å². The molecular formula is C23H26N4O3. The summed E-state index contributed by atoms with van der Waals surface area (Å²) in [6.45, 7) is 2.99. The number of benzene rings is 2. The first-order chi connectivity index (χ1) is 14.5. The predicted molar refractivity (Wildman–Crippen MR) is 116 cm³/mol. The molecule has 1 atom stereocenters. The molecule has 2 aromatic carbocycles. The summed E-state index contributed by atoms with van der Waals surface area (Å²) in [5, 5.41) is 11.0. The summed E-state index contributed by atoms with van der Waals surface area (Å²) in [6, 6.07) is 16.8. The van der Waals surface area contributed by atoms with Gasteiger partial charge in [-0.05, 0) is 36.6 Å². The highest BCUT2D eigenvalue weighted by molar-refractivity contribution is 5.93. The fourth-order valence-electron chi connectivity index (χ4n) is 4.19. The maximum atomic E-state index is 13.0. The zero-order valence-corrected chi connectivity index (χ0v) is 17.1. The van der Waals surface area contributed by atoms with Gasteiger partial charge in [-0.1, -0.05) is 30.3 Å². The van der Waals surface area contributed by atoms with E-state index in [9.17, 15) is 14.9 Å². The van der Waals surface area contributed by atoms with Gasteiger partial charge in [-0.15, -0.1) is 0 Å². The van der Waals surface area contributed by atoms with E-state index >= 15 is 0 Å². The number of anilines is 1. The SMILES string of the molecule is CN1CC(N(Cc2ccccc2)c2ccc([N+](=O)[O-])cc2)C=C1C(=O)N1CCCC1. The Bertz CT molecular complexity index is 937. The van der Waals surface area contributed by atoms with E-state index in [1.54, 1.807) is 12.1 Å². The summed E-state index contributed by atoms with van der Waals surface area (Å²) in [4.78, 5) is 29.8.